The molecule has 1 aliphatic rings. The van der Waals surface area contributed by atoms with E-state index in [1.807, 2.05) is 29.1 Å². The van der Waals surface area contributed by atoms with Gasteiger partial charge in [0.05, 0.1) is 23.6 Å². The number of halogens is 3. The lowest BCUT2D eigenvalue weighted by Crippen LogP contribution is -2.21. The number of rotatable bonds is 5. The monoisotopic (exact) mass is 435 g/mol. The van der Waals surface area contributed by atoms with Crippen LogP contribution >= 0.6 is 0 Å². The van der Waals surface area contributed by atoms with Crippen molar-refractivity contribution in [3.05, 3.63) is 65.5 Å². The van der Waals surface area contributed by atoms with Crippen molar-refractivity contribution >= 4 is 5.97 Å². The average Bonchev–Trinajstić information content (AvgIpc) is 3.34. The Kier molecular flexibility index (Phi) is 7.11. The number of fused-ring (bicyclic) bond motifs is 1. The summed E-state index contributed by atoms with van der Waals surface area (Å²) in [5.41, 5.74) is 4.78. The first-order chi connectivity index (χ1) is 14.7. The predicted molar refractivity (Wildman–Crippen MR) is 108 cm³/mol. The van der Waals surface area contributed by atoms with Gasteiger partial charge in [-0.05, 0) is 50.9 Å². The van der Waals surface area contributed by atoms with E-state index in [9.17, 15) is 13.2 Å². The Bertz CT molecular complexity index is 975. The van der Waals surface area contributed by atoms with E-state index in [0.717, 1.165) is 43.1 Å². The fraction of sp³-hybridized carbons (Fsp3) is 0.381. The lowest BCUT2D eigenvalue weighted by molar-refractivity contribution is -0.192. The third kappa shape index (κ3) is 6.42. The van der Waals surface area contributed by atoms with Crippen LogP contribution in [0, 0.1) is 0 Å². The number of nitrogens with zero attached hydrogens (tertiary/aromatic N) is 4. The molecule has 2 heterocycles. The Morgan fingerprint density at radius 3 is 2.48 bits per heavy atom. The summed E-state index contributed by atoms with van der Waals surface area (Å²) in [5.74, 6) is -1.68. The van der Waals surface area contributed by atoms with Crippen LogP contribution < -0.4 is 0 Å². The molecule has 7 nitrogen and oxygen atoms in total. The molecule has 0 fully saturated rings. The summed E-state index contributed by atoms with van der Waals surface area (Å²) < 4.78 is 33.7. The molecular formula is C21H24F3N5O2. The molecule has 0 aliphatic heterocycles. The maximum absolute atomic E-state index is 10.6. The van der Waals surface area contributed by atoms with Crippen LogP contribution in [0.3, 0.4) is 0 Å². The number of aromatic amines is 1. The number of carbonyl (C=O) groups is 1. The second-order valence-electron chi connectivity index (χ2n) is 7.38. The number of para-hydroxylation sites is 1. The first-order valence-electron chi connectivity index (χ1n) is 9.87. The molecule has 1 aromatic carbocycles. The molecule has 2 aromatic heterocycles. The van der Waals surface area contributed by atoms with Gasteiger partial charge >= 0.3 is 12.1 Å². The van der Waals surface area contributed by atoms with Crippen LogP contribution in [0.4, 0.5) is 13.2 Å². The maximum Gasteiger partial charge on any atom is 0.490 e. The first-order valence-corrected chi connectivity index (χ1v) is 9.87. The van der Waals surface area contributed by atoms with Gasteiger partial charge < -0.3 is 10.1 Å². The molecule has 0 amide bonds. The summed E-state index contributed by atoms with van der Waals surface area (Å²) >= 11 is 0. The van der Waals surface area contributed by atoms with E-state index in [1.54, 1.807) is 0 Å². The number of carboxylic acids is 1. The summed E-state index contributed by atoms with van der Waals surface area (Å²) in [6, 6.07) is 12.3. The van der Waals surface area contributed by atoms with Crippen LogP contribution in [-0.4, -0.2) is 48.9 Å². The number of aromatic nitrogens is 4. The molecule has 4 rings (SSSR count). The summed E-state index contributed by atoms with van der Waals surface area (Å²) in [7, 11) is 2.11. The number of alkyl halides is 3. The van der Waals surface area contributed by atoms with E-state index in [-0.39, 0.29) is 0 Å². The third-order valence-corrected chi connectivity index (χ3v) is 4.76. The van der Waals surface area contributed by atoms with Gasteiger partial charge in [-0.2, -0.15) is 18.3 Å². The van der Waals surface area contributed by atoms with E-state index in [0.29, 0.717) is 0 Å². The molecule has 166 valence electrons. The average molecular weight is 435 g/mol. The van der Waals surface area contributed by atoms with E-state index in [2.05, 4.69) is 40.2 Å². The van der Waals surface area contributed by atoms with Crippen LogP contribution in [0.15, 0.2) is 42.6 Å². The zero-order valence-electron chi connectivity index (χ0n) is 17.1. The molecule has 31 heavy (non-hydrogen) atoms. The van der Waals surface area contributed by atoms with Crippen molar-refractivity contribution in [2.24, 2.45) is 0 Å². The lowest BCUT2D eigenvalue weighted by atomic mass is 10.0. The van der Waals surface area contributed by atoms with Crippen molar-refractivity contribution in [3.63, 3.8) is 0 Å². The molecule has 0 atom stereocenters. The van der Waals surface area contributed by atoms with Gasteiger partial charge in [0, 0.05) is 18.4 Å². The largest absolute Gasteiger partial charge is 0.490 e. The van der Waals surface area contributed by atoms with E-state index in [1.165, 1.54) is 24.2 Å². The van der Waals surface area contributed by atoms with Gasteiger partial charge in [0.2, 0.25) is 0 Å². The molecule has 10 heteroatoms. The van der Waals surface area contributed by atoms with Crippen molar-refractivity contribution in [2.45, 2.75) is 44.9 Å². The number of benzene rings is 1. The van der Waals surface area contributed by atoms with Gasteiger partial charge in [-0.3, -0.25) is 4.90 Å². The number of hydrogen-bond acceptors (Lipinski definition) is 4. The van der Waals surface area contributed by atoms with Crippen LogP contribution in [-0.2, 0) is 30.7 Å². The standard InChI is InChI=1S/C19H23N5.C2HF3O2/c1-23(14-19-20-17-9-5-6-10-18(17)21-19)13-15-11-12-24(22-15)16-7-3-2-4-8-16;3-2(4,5)1(6)7/h2-4,7-8,11-12H,5-6,9-10,13-14H2,1H3,(H,20,21);(H,6,7). The van der Waals surface area contributed by atoms with Gasteiger partial charge in [0.15, 0.2) is 0 Å². The molecule has 0 saturated carbocycles. The Labute approximate surface area is 177 Å². The van der Waals surface area contributed by atoms with Gasteiger partial charge in [0.1, 0.15) is 5.82 Å². The molecular weight excluding hydrogens is 411 g/mol. The topological polar surface area (TPSA) is 87.0 Å². The van der Waals surface area contributed by atoms with E-state index in [4.69, 9.17) is 14.9 Å². The molecule has 1 aliphatic carbocycles. The zero-order chi connectivity index (χ0) is 22.4. The Hall–Kier alpha value is -3.14. The Morgan fingerprint density at radius 2 is 1.84 bits per heavy atom. The van der Waals surface area contributed by atoms with Crippen molar-refractivity contribution in [1.82, 2.24) is 24.6 Å². The van der Waals surface area contributed by atoms with Crippen molar-refractivity contribution in [1.29, 1.82) is 0 Å². The second kappa shape index (κ2) is 9.78. The van der Waals surface area contributed by atoms with Crippen LogP contribution in [0.5, 0.6) is 0 Å². The zero-order valence-corrected chi connectivity index (χ0v) is 17.1. The number of carboxylic acid groups (broad SMARTS) is 1. The minimum atomic E-state index is -5.08. The number of aliphatic carboxylic acids is 1. The van der Waals surface area contributed by atoms with Crippen molar-refractivity contribution in [2.75, 3.05) is 7.05 Å². The second-order valence-corrected chi connectivity index (χ2v) is 7.38. The minimum absolute atomic E-state index is 0.811. The highest BCUT2D eigenvalue weighted by molar-refractivity contribution is 5.73. The maximum atomic E-state index is 10.6. The van der Waals surface area contributed by atoms with Gasteiger partial charge in [0.25, 0.3) is 0 Å². The number of imidazole rings is 1. The highest BCUT2D eigenvalue weighted by Gasteiger charge is 2.38. The van der Waals surface area contributed by atoms with Crippen LogP contribution in [0.25, 0.3) is 5.69 Å². The smallest absolute Gasteiger partial charge is 0.475 e. The fourth-order valence-electron chi connectivity index (χ4n) is 3.35. The normalized spacial score (nSPS) is 13.5. The van der Waals surface area contributed by atoms with Crippen molar-refractivity contribution < 1.29 is 23.1 Å². The molecule has 2 N–H and O–H groups in total. The molecule has 3 aromatic rings. The van der Waals surface area contributed by atoms with E-state index < -0.39 is 12.1 Å². The quantitative estimate of drug-likeness (QED) is 0.638. The number of nitrogens with one attached hydrogen (secondary N) is 1. The lowest BCUT2D eigenvalue weighted by Gasteiger charge is -2.13. The number of aryl methyl sites for hydroxylation is 2. The molecule has 0 saturated heterocycles. The SMILES string of the molecule is CN(Cc1ccn(-c2ccccc2)n1)Cc1nc2c([nH]1)CCCC2.O=C(O)C(F)(F)F. The Balaban J connectivity index is 0.000000339. The van der Waals surface area contributed by atoms with Gasteiger partial charge in [-0.25, -0.2) is 14.5 Å². The van der Waals surface area contributed by atoms with Crippen LogP contribution in [0.1, 0.15) is 35.7 Å². The summed E-state index contributed by atoms with van der Waals surface area (Å²) in [4.78, 5) is 19.4. The molecule has 0 radical (unpaired) electrons. The van der Waals surface area contributed by atoms with Crippen molar-refractivity contribution in [3.8, 4) is 5.69 Å². The first kappa shape index (κ1) is 22.5. The number of hydrogen-bond donors (Lipinski definition) is 2. The summed E-state index contributed by atoms with van der Waals surface area (Å²) in [5, 5.41) is 11.8. The summed E-state index contributed by atoms with van der Waals surface area (Å²) in [6.07, 6.45) is 1.75. The van der Waals surface area contributed by atoms with E-state index >= 15 is 0 Å². The highest BCUT2D eigenvalue weighted by Crippen LogP contribution is 2.19. The highest BCUT2D eigenvalue weighted by atomic mass is 19.4. The predicted octanol–water partition coefficient (Wildman–Crippen LogP) is 3.74. The number of H-pyrrole nitrogens is 1. The molecule has 0 spiro atoms. The van der Waals surface area contributed by atoms with Gasteiger partial charge in [-0.1, -0.05) is 18.2 Å². The van der Waals surface area contributed by atoms with Crippen LogP contribution in [0.2, 0.25) is 0 Å². The molecule has 0 bridgehead atoms. The fourth-order valence-corrected chi connectivity index (χ4v) is 3.35. The minimum Gasteiger partial charge on any atom is -0.475 e. The third-order valence-electron chi connectivity index (χ3n) is 4.76. The van der Waals surface area contributed by atoms with Gasteiger partial charge in [-0.15, -0.1) is 0 Å². The summed E-state index contributed by atoms with van der Waals surface area (Å²) in [6.45, 7) is 1.64. The molecule has 0 unspecified atom stereocenters. The Morgan fingerprint density at radius 1 is 1.16 bits per heavy atom.